The predicted octanol–water partition coefficient (Wildman–Crippen LogP) is 3.81. The van der Waals surface area contributed by atoms with Crippen molar-refractivity contribution in [1.29, 1.82) is 0 Å². The molecule has 2 aliphatic rings. The average Bonchev–Trinajstić information content (AvgIpc) is 3.18. The number of carbonyl (C=O) groups excluding carboxylic acids is 2. The lowest BCUT2D eigenvalue weighted by Crippen LogP contribution is -2.40. The molecule has 0 radical (unpaired) electrons. The third-order valence-corrected chi connectivity index (χ3v) is 6.32. The number of halogens is 1. The third kappa shape index (κ3) is 4.36. The molecule has 4 rings (SSSR count). The van der Waals surface area contributed by atoms with Crippen LogP contribution < -0.4 is 10.6 Å². The Morgan fingerprint density at radius 2 is 2.03 bits per heavy atom. The van der Waals surface area contributed by atoms with E-state index in [9.17, 15) is 9.59 Å². The van der Waals surface area contributed by atoms with Crippen molar-refractivity contribution in [1.82, 2.24) is 20.1 Å². The fraction of sp³-hybridized carbons (Fsp3) is 0.545. The number of hydrogen-bond acceptors (Lipinski definition) is 4. The second kappa shape index (κ2) is 8.02. The van der Waals surface area contributed by atoms with Gasteiger partial charge < -0.3 is 10.6 Å². The maximum Gasteiger partial charge on any atom is 0.228 e. The Kier molecular flexibility index (Phi) is 5.57. The van der Waals surface area contributed by atoms with Gasteiger partial charge in [-0.2, -0.15) is 5.10 Å². The average molecular weight is 430 g/mol. The van der Waals surface area contributed by atoms with E-state index in [0.29, 0.717) is 17.3 Å². The summed E-state index contributed by atoms with van der Waals surface area (Å²) in [6, 6.07) is 1.89. The zero-order chi connectivity index (χ0) is 21.5. The van der Waals surface area contributed by atoms with E-state index >= 15 is 0 Å². The maximum absolute atomic E-state index is 12.8. The van der Waals surface area contributed by atoms with E-state index < -0.39 is 0 Å². The molecule has 160 valence electrons. The molecule has 1 saturated carbocycles. The van der Waals surface area contributed by atoms with Gasteiger partial charge in [-0.25, -0.2) is 4.98 Å². The van der Waals surface area contributed by atoms with Gasteiger partial charge >= 0.3 is 0 Å². The standard InChI is InChI=1S/C22H28ClN5O2/c1-13(29)26-15-6-4-5-14(7-15)21(30)27-20-8-16(18(23)11-24-20)17-10-25-28-12-22(2,3)9-19(17)28/h8,10-11,14-15H,4-7,9,12H2,1-3H3,(H,26,29)(H,24,27,30)/t14-,15+/m0/s1. The minimum absolute atomic E-state index is 0.0537. The van der Waals surface area contributed by atoms with Crippen LogP contribution in [0, 0.1) is 11.3 Å². The van der Waals surface area contributed by atoms with Crippen molar-refractivity contribution >= 4 is 29.2 Å². The molecule has 1 aliphatic carbocycles. The molecule has 2 N–H and O–H groups in total. The number of carbonyl (C=O) groups is 2. The molecule has 0 aromatic carbocycles. The molecule has 0 spiro atoms. The van der Waals surface area contributed by atoms with Gasteiger partial charge in [-0.1, -0.05) is 31.9 Å². The summed E-state index contributed by atoms with van der Waals surface area (Å²) in [5.74, 6) is 0.227. The summed E-state index contributed by atoms with van der Waals surface area (Å²) >= 11 is 6.46. The van der Waals surface area contributed by atoms with E-state index in [-0.39, 0.29) is 29.2 Å². The molecular formula is C22H28ClN5O2. The summed E-state index contributed by atoms with van der Waals surface area (Å²) in [6.07, 6.45) is 7.65. The first kappa shape index (κ1) is 20.8. The van der Waals surface area contributed by atoms with Crippen molar-refractivity contribution in [2.45, 2.75) is 65.5 Å². The number of nitrogens with one attached hydrogen (secondary N) is 2. The van der Waals surface area contributed by atoms with E-state index in [4.69, 9.17) is 11.6 Å². The Bertz CT molecular complexity index is 984. The Morgan fingerprint density at radius 3 is 2.80 bits per heavy atom. The molecule has 7 nitrogen and oxygen atoms in total. The van der Waals surface area contributed by atoms with E-state index in [1.807, 2.05) is 16.9 Å². The minimum Gasteiger partial charge on any atom is -0.354 e. The van der Waals surface area contributed by atoms with Crippen molar-refractivity contribution in [3.63, 3.8) is 0 Å². The number of pyridine rings is 1. The molecule has 0 saturated heterocycles. The van der Waals surface area contributed by atoms with Gasteiger partial charge in [0.25, 0.3) is 0 Å². The third-order valence-electron chi connectivity index (χ3n) is 6.02. The van der Waals surface area contributed by atoms with Gasteiger partial charge in [-0.3, -0.25) is 14.3 Å². The lowest BCUT2D eigenvalue weighted by molar-refractivity contribution is -0.123. The second-order valence-electron chi connectivity index (χ2n) is 9.30. The fourth-order valence-electron chi connectivity index (χ4n) is 4.66. The van der Waals surface area contributed by atoms with Crippen LogP contribution >= 0.6 is 11.6 Å². The lowest BCUT2D eigenvalue weighted by atomic mass is 9.85. The van der Waals surface area contributed by atoms with E-state index in [2.05, 4.69) is 34.6 Å². The van der Waals surface area contributed by atoms with Crippen molar-refractivity contribution in [2.24, 2.45) is 11.3 Å². The number of amides is 2. The van der Waals surface area contributed by atoms with Crippen LogP contribution in [0.25, 0.3) is 11.1 Å². The van der Waals surface area contributed by atoms with E-state index in [1.54, 1.807) is 6.20 Å². The first-order valence-electron chi connectivity index (χ1n) is 10.5. The molecule has 0 bridgehead atoms. The van der Waals surface area contributed by atoms with Crippen LogP contribution in [-0.4, -0.2) is 32.6 Å². The van der Waals surface area contributed by atoms with Gasteiger partial charge in [-0.15, -0.1) is 0 Å². The van der Waals surface area contributed by atoms with Crippen molar-refractivity contribution < 1.29 is 9.59 Å². The summed E-state index contributed by atoms with van der Waals surface area (Å²) < 4.78 is 2.04. The smallest absolute Gasteiger partial charge is 0.228 e. The second-order valence-corrected chi connectivity index (χ2v) is 9.71. The monoisotopic (exact) mass is 429 g/mol. The first-order chi connectivity index (χ1) is 14.2. The zero-order valence-corrected chi connectivity index (χ0v) is 18.4. The number of rotatable bonds is 4. The number of hydrogen-bond donors (Lipinski definition) is 2. The number of anilines is 1. The topological polar surface area (TPSA) is 88.9 Å². The van der Waals surface area contributed by atoms with Crippen LogP contribution in [0.15, 0.2) is 18.5 Å². The highest BCUT2D eigenvalue weighted by atomic mass is 35.5. The highest BCUT2D eigenvalue weighted by Crippen LogP contribution is 2.39. The van der Waals surface area contributed by atoms with Crippen LogP contribution in [0.2, 0.25) is 5.02 Å². The maximum atomic E-state index is 12.8. The van der Waals surface area contributed by atoms with Gasteiger partial charge in [0, 0.05) is 48.4 Å². The zero-order valence-electron chi connectivity index (χ0n) is 17.7. The van der Waals surface area contributed by atoms with E-state index in [0.717, 1.165) is 49.0 Å². The molecule has 2 amide bonds. The van der Waals surface area contributed by atoms with Gasteiger partial charge in [0.15, 0.2) is 0 Å². The van der Waals surface area contributed by atoms with Gasteiger partial charge in [0.2, 0.25) is 11.8 Å². The van der Waals surface area contributed by atoms with Crippen LogP contribution in [0.5, 0.6) is 0 Å². The Morgan fingerprint density at radius 1 is 1.23 bits per heavy atom. The van der Waals surface area contributed by atoms with Crippen molar-refractivity contribution in [3.05, 3.63) is 29.2 Å². The molecule has 1 aliphatic heterocycles. The number of aromatic nitrogens is 3. The van der Waals surface area contributed by atoms with Crippen molar-refractivity contribution in [3.8, 4) is 11.1 Å². The quantitative estimate of drug-likeness (QED) is 0.773. The molecule has 30 heavy (non-hydrogen) atoms. The molecular weight excluding hydrogens is 402 g/mol. The molecule has 2 aromatic heterocycles. The molecule has 2 aromatic rings. The molecule has 3 heterocycles. The molecule has 0 unspecified atom stereocenters. The minimum atomic E-state index is -0.141. The molecule has 2 atom stereocenters. The van der Waals surface area contributed by atoms with Gasteiger partial charge in [0.05, 0.1) is 11.2 Å². The van der Waals surface area contributed by atoms with E-state index in [1.165, 1.54) is 6.92 Å². The Balaban J connectivity index is 1.51. The van der Waals surface area contributed by atoms with Crippen LogP contribution in [0.4, 0.5) is 5.82 Å². The van der Waals surface area contributed by atoms with Crippen LogP contribution in [-0.2, 0) is 22.6 Å². The van der Waals surface area contributed by atoms with Crippen LogP contribution in [0.1, 0.15) is 52.1 Å². The molecule has 1 fully saturated rings. The van der Waals surface area contributed by atoms with Crippen molar-refractivity contribution in [2.75, 3.05) is 5.32 Å². The molecule has 8 heteroatoms. The Labute approximate surface area is 181 Å². The summed E-state index contributed by atoms with van der Waals surface area (Å²) in [4.78, 5) is 28.5. The summed E-state index contributed by atoms with van der Waals surface area (Å²) in [5.41, 5.74) is 3.16. The fourth-order valence-corrected chi connectivity index (χ4v) is 4.87. The van der Waals surface area contributed by atoms with Gasteiger partial charge in [-0.05, 0) is 37.2 Å². The van der Waals surface area contributed by atoms with Gasteiger partial charge in [0.1, 0.15) is 5.82 Å². The predicted molar refractivity (Wildman–Crippen MR) is 116 cm³/mol. The summed E-state index contributed by atoms with van der Waals surface area (Å²) in [7, 11) is 0. The largest absolute Gasteiger partial charge is 0.354 e. The van der Waals surface area contributed by atoms with Crippen LogP contribution in [0.3, 0.4) is 0 Å². The lowest BCUT2D eigenvalue weighted by Gasteiger charge is -2.28. The SMILES string of the molecule is CC(=O)N[C@@H]1CCC[C@H](C(=O)Nc2cc(-c3cnn4c3CC(C)(C)C4)c(Cl)cn2)C1. The first-order valence-corrected chi connectivity index (χ1v) is 10.9. The highest BCUT2D eigenvalue weighted by molar-refractivity contribution is 6.33. The summed E-state index contributed by atoms with van der Waals surface area (Å²) in [6.45, 7) is 6.84. The summed E-state index contributed by atoms with van der Waals surface area (Å²) in [5, 5.41) is 10.9. The Hall–Kier alpha value is -2.41. The highest BCUT2D eigenvalue weighted by Gasteiger charge is 2.32. The normalized spacial score (nSPS) is 22.4. The number of nitrogens with zero attached hydrogens (tertiary/aromatic N) is 3. The number of fused-ring (bicyclic) bond motifs is 1.